The van der Waals surface area contributed by atoms with E-state index < -0.39 is 28.7 Å². The first kappa shape index (κ1) is 32.7. The van der Waals surface area contributed by atoms with Gasteiger partial charge in [0.1, 0.15) is 24.5 Å². The highest BCUT2D eigenvalue weighted by Gasteiger charge is 2.49. The van der Waals surface area contributed by atoms with Gasteiger partial charge in [-0.25, -0.2) is 18.3 Å². The van der Waals surface area contributed by atoms with Crippen LogP contribution in [0.25, 0.3) is 5.69 Å². The lowest BCUT2D eigenvalue weighted by Gasteiger charge is -2.39. The van der Waals surface area contributed by atoms with Crippen molar-refractivity contribution in [2.75, 3.05) is 37.9 Å². The largest absolute Gasteiger partial charge is 1.00 e. The van der Waals surface area contributed by atoms with Crippen molar-refractivity contribution in [2.24, 2.45) is 10.5 Å². The summed E-state index contributed by atoms with van der Waals surface area (Å²) in [5.74, 6) is -2.10. The maximum absolute atomic E-state index is 15.2. The van der Waals surface area contributed by atoms with Crippen LogP contribution in [0.1, 0.15) is 33.3 Å². The van der Waals surface area contributed by atoms with E-state index in [9.17, 15) is 19.1 Å². The van der Waals surface area contributed by atoms with E-state index in [1.54, 1.807) is 61.8 Å². The van der Waals surface area contributed by atoms with E-state index in [0.717, 1.165) is 6.07 Å². The quantitative estimate of drug-likeness (QED) is 0.262. The van der Waals surface area contributed by atoms with Crippen LogP contribution in [0.15, 0.2) is 53.9 Å². The summed E-state index contributed by atoms with van der Waals surface area (Å²) in [7, 11) is 0. The predicted molar refractivity (Wildman–Crippen MR) is 150 cm³/mol. The fraction of sp³-hybridized carbons (Fsp3) is 0.429. The normalized spacial score (nSPS) is 18.8. The molecule has 1 fully saturated rings. The fourth-order valence-corrected chi connectivity index (χ4v) is 5.11. The summed E-state index contributed by atoms with van der Waals surface area (Å²) in [6, 6.07) is 8.74. The average Bonchev–Trinajstić information content (AvgIpc) is 3.73. The molecule has 13 nitrogen and oxygen atoms in total. The minimum absolute atomic E-state index is 0. The lowest BCUT2D eigenvalue weighted by molar-refractivity contribution is -0.915. The Kier molecular flexibility index (Phi) is 9.51. The molecule has 2 aliphatic rings. The van der Waals surface area contributed by atoms with Gasteiger partial charge in [-0.1, -0.05) is 5.10 Å². The molecule has 16 heteroatoms. The second-order valence-corrected chi connectivity index (χ2v) is 11.7. The van der Waals surface area contributed by atoms with E-state index >= 15 is 4.39 Å². The summed E-state index contributed by atoms with van der Waals surface area (Å²) in [5, 5.41) is 28.1. The standard InChI is InChI=1S/C28H33F2N9O4.ClH/c1-19(37-11-12-38(26(37)41)21-6-8-22(9-7-21)39-15-31-33-34-39)28(42,23-10-5-20(29)13-24(23)30)14-36-17-35(16-32-36)18-43-25(40)27(2,3)4;/h5-10,13,15-16,19,42H,11-12,14,17-18H2,1-4H3;1H/t19-,28-;/m1./s1. The molecule has 3 heterocycles. The third kappa shape index (κ3) is 6.64. The van der Waals surface area contributed by atoms with Gasteiger partial charge in [-0.2, -0.15) is 5.01 Å². The van der Waals surface area contributed by atoms with Crippen LogP contribution in [0.5, 0.6) is 0 Å². The molecule has 0 saturated carbocycles. The molecular formula is C28H34ClF2N9O4. The molecule has 3 atom stereocenters. The summed E-state index contributed by atoms with van der Waals surface area (Å²) in [6.07, 6.45) is 2.94. The molecule has 1 unspecified atom stereocenters. The molecule has 0 bridgehead atoms. The smallest absolute Gasteiger partial charge is 0.324 e. The van der Waals surface area contributed by atoms with Crippen molar-refractivity contribution in [3.63, 3.8) is 0 Å². The number of hydrogen-bond acceptors (Lipinski definition) is 9. The van der Waals surface area contributed by atoms with Crippen LogP contribution in [0.2, 0.25) is 0 Å². The monoisotopic (exact) mass is 633 g/mol. The first-order valence-electron chi connectivity index (χ1n) is 13.8. The molecule has 1 saturated heterocycles. The van der Waals surface area contributed by atoms with Gasteiger partial charge in [0, 0.05) is 30.4 Å². The number of amides is 2. The summed E-state index contributed by atoms with van der Waals surface area (Å²) < 4.78 is 35.9. The number of esters is 1. The van der Waals surface area contributed by atoms with Crippen LogP contribution in [-0.2, 0) is 15.1 Å². The lowest BCUT2D eigenvalue weighted by Crippen LogP contribution is -3.09. The topological polar surface area (TPSA) is 134 Å². The Morgan fingerprint density at radius 2 is 1.82 bits per heavy atom. The van der Waals surface area contributed by atoms with E-state index in [0.29, 0.717) is 29.0 Å². The van der Waals surface area contributed by atoms with E-state index in [-0.39, 0.29) is 56.5 Å². The van der Waals surface area contributed by atoms with Gasteiger partial charge in [-0.05, 0) is 74.5 Å². The molecule has 44 heavy (non-hydrogen) atoms. The molecule has 1 aromatic heterocycles. The number of hydrogen-bond donors (Lipinski definition) is 2. The van der Waals surface area contributed by atoms with Gasteiger partial charge in [0.05, 0.1) is 17.1 Å². The zero-order chi connectivity index (χ0) is 30.9. The Morgan fingerprint density at radius 3 is 2.45 bits per heavy atom. The van der Waals surface area contributed by atoms with Crippen molar-refractivity contribution >= 4 is 24.0 Å². The molecular weight excluding hydrogens is 600 g/mol. The number of benzene rings is 2. The van der Waals surface area contributed by atoms with Gasteiger partial charge in [0.15, 0.2) is 25.3 Å². The Bertz CT molecular complexity index is 1500. The second-order valence-electron chi connectivity index (χ2n) is 11.7. The lowest BCUT2D eigenvalue weighted by atomic mass is 9.85. The van der Waals surface area contributed by atoms with E-state index in [2.05, 4.69) is 20.6 Å². The van der Waals surface area contributed by atoms with Crippen LogP contribution in [-0.4, -0.2) is 92.5 Å². The molecule has 5 rings (SSSR count). The average molecular weight is 634 g/mol. The number of urea groups is 1. The number of tetrazole rings is 1. The number of rotatable bonds is 9. The molecule has 2 N–H and O–H groups in total. The number of nitrogens with one attached hydrogen (secondary N) is 1. The van der Waals surface area contributed by atoms with Crippen molar-refractivity contribution in [2.45, 2.75) is 39.3 Å². The van der Waals surface area contributed by atoms with Crippen LogP contribution in [0.4, 0.5) is 19.3 Å². The number of carbonyl (C=O) groups is 2. The van der Waals surface area contributed by atoms with Gasteiger partial charge < -0.3 is 27.2 Å². The van der Waals surface area contributed by atoms with Crippen LogP contribution < -0.4 is 22.3 Å². The number of halogens is 3. The van der Waals surface area contributed by atoms with E-state index in [1.165, 1.54) is 28.3 Å². The predicted octanol–water partition coefficient (Wildman–Crippen LogP) is -1.89. The number of ether oxygens (including phenoxy) is 1. The number of anilines is 1. The van der Waals surface area contributed by atoms with Gasteiger partial charge in [0.25, 0.3) is 0 Å². The number of aromatic nitrogens is 4. The van der Waals surface area contributed by atoms with Gasteiger partial charge in [-0.3, -0.25) is 14.6 Å². The van der Waals surface area contributed by atoms with Gasteiger partial charge >= 0.3 is 12.0 Å². The third-order valence-corrected chi connectivity index (χ3v) is 7.61. The maximum atomic E-state index is 15.2. The first-order valence-corrected chi connectivity index (χ1v) is 13.8. The van der Waals surface area contributed by atoms with Crippen molar-refractivity contribution in [1.29, 1.82) is 0 Å². The van der Waals surface area contributed by atoms with Crippen LogP contribution in [0.3, 0.4) is 0 Å². The molecule has 2 aliphatic heterocycles. The third-order valence-electron chi connectivity index (χ3n) is 7.61. The van der Waals surface area contributed by atoms with E-state index in [4.69, 9.17) is 4.74 Å². The summed E-state index contributed by atoms with van der Waals surface area (Å²) in [6.45, 7) is 7.47. The van der Waals surface area contributed by atoms with Crippen LogP contribution in [0, 0.1) is 17.0 Å². The van der Waals surface area contributed by atoms with Crippen molar-refractivity contribution in [3.8, 4) is 5.69 Å². The number of nitrogens with zero attached hydrogens (tertiary/aromatic N) is 8. The molecule has 0 spiro atoms. The first-order chi connectivity index (χ1) is 20.4. The van der Waals surface area contributed by atoms with Crippen LogP contribution >= 0.6 is 0 Å². The highest BCUT2D eigenvalue weighted by Crippen LogP contribution is 2.33. The van der Waals surface area contributed by atoms with Gasteiger partial charge in [0.2, 0.25) is 0 Å². The zero-order valence-corrected chi connectivity index (χ0v) is 25.4. The molecule has 2 aromatic carbocycles. The van der Waals surface area contributed by atoms with E-state index in [1.807, 2.05) is 0 Å². The second kappa shape index (κ2) is 12.8. The Hall–Kier alpha value is -4.21. The molecule has 0 aliphatic carbocycles. The summed E-state index contributed by atoms with van der Waals surface area (Å²) in [5.41, 5.74) is -1.45. The number of aliphatic hydroxyl groups is 1. The van der Waals surface area contributed by atoms with Crippen molar-refractivity contribution in [3.05, 3.63) is 66.0 Å². The minimum Gasteiger partial charge on any atom is -1.00 e. The highest BCUT2D eigenvalue weighted by atomic mass is 35.5. The molecule has 236 valence electrons. The number of carbonyl (C=O) groups excluding carboxylic acids is 2. The minimum atomic E-state index is -1.96. The molecule has 3 aromatic rings. The maximum Gasteiger partial charge on any atom is 0.324 e. The SMILES string of the molecule is C[C@@H](N1CCN(c2ccc(-n3cnnn3)cc2)C1=O)[C@](O)(C[NH+]1CN(COC(=O)C(C)(C)C)C=N1)c1ccc(F)cc1F.[Cl-]. The Balaban J connectivity index is 0.00000442. The summed E-state index contributed by atoms with van der Waals surface area (Å²) in [4.78, 5) is 30.5. The Morgan fingerprint density at radius 1 is 1.11 bits per heavy atom. The van der Waals surface area contributed by atoms with Crippen molar-refractivity contribution in [1.82, 2.24) is 30.0 Å². The fourth-order valence-electron chi connectivity index (χ4n) is 5.11. The molecule has 2 amide bonds. The summed E-state index contributed by atoms with van der Waals surface area (Å²) >= 11 is 0. The zero-order valence-electron chi connectivity index (χ0n) is 24.7. The molecule has 0 radical (unpaired) electrons. The van der Waals surface area contributed by atoms with Crippen molar-refractivity contribution < 1.29 is 45.6 Å². The highest BCUT2D eigenvalue weighted by molar-refractivity contribution is 5.94. The Labute approximate surface area is 259 Å². The van der Waals surface area contributed by atoms with Gasteiger partial charge in [-0.15, -0.1) is 5.10 Å². The number of quaternary nitrogens is 1.